The molecule has 2 aromatic carbocycles. The lowest BCUT2D eigenvalue weighted by Crippen LogP contribution is -2.23. The second kappa shape index (κ2) is 9.45. The van der Waals surface area contributed by atoms with Crippen molar-refractivity contribution in [3.05, 3.63) is 87.1 Å². The average molecular weight is 476 g/mol. The molecule has 7 nitrogen and oxygen atoms in total. The number of hydroxylamine groups is 1. The fourth-order valence-electron chi connectivity index (χ4n) is 2.66. The molecule has 4 rings (SSSR count). The Morgan fingerprint density at radius 3 is 2.48 bits per heavy atom. The number of rotatable bonds is 6. The van der Waals surface area contributed by atoms with Crippen LogP contribution in [0, 0.1) is 0 Å². The molecule has 0 atom stereocenters. The molecule has 156 valence electrons. The number of amides is 1. The maximum Gasteiger partial charge on any atom is 0.274 e. The van der Waals surface area contributed by atoms with Crippen LogP contribution in [0.4, 0.5) is 0 Å². The van der Waals surface area contributed by atoms with Gasteiger partial charge in [-0.2, -0.15) is 4.98 Å². The molecule has 1 N–H and O–H groups in total. The minimum Gasteiger partial charge on any atom is -0.334 e. The summed E-state index contributed by atoms with van der Waals surface area (Å²) in [7, 11) is 0. The van der Waals surface area contributed by atoms with E-state index in [2.05, 4.69) is 20.6 Å². The Morgan fingerprint density at radius 1 is 1.00 bits per heavy atom. The van der Waals surface area contributed by atoms with E-state index in [9.17, 15) is 4.79 Å². The van der Waals surface area contributed by atoms with Crippen molar-refractivity contribution < 1.29 is 14.2 Å². The maximum atomic E-state index is 12.5. The lowest BCUT2D eigenvalue weighted by atomic mass is 10.1. The fraction of sp³-hybridized carbons (Fsp3) is 0.0476. The summed E-state index contributed by atoms with van der Waals surface area (Å²) in [6, 6.07) is 13.8. The minimum absolute atomic E-state index is 0.0142. The fourth-order valence-corrected chi connectivity index (χ4v) is 3.26. The maximum absolute atomic E-state index is 12.5. The lowest BCUT2D eigenvalue weighted by molar-refractivity contribution is 0.0234. The van der Waals surface area contributed by atoms with Crippen LogP contribution in [0.15, 0.2) is 65.4 Å². The van der Waals surface area contributed by atoms with E-state index in [0.717, 1.165) is 5.56 Å². The zero-order valence-corrected chi connectivity index (χ0v) is 17.9. The molecule has 0 spiro atoms. The van der Waals surface area contributed by atoms with Crippen molar-refractivity contribution in [3.8, 4) is 22.8 Å². The van der Waals surface area contributed by atoms with Crippen LogP contribution in [-0.2, 0) is 11.4 Å². The van der Waals surface area contributed by atoms with Crippen LogP contribution in [0.2, 0.25) is 15.1 Å². The largest absolute Gasteiger partial charge is 0.334 e. The predicted molar refractivity (Wildman–Crippen MR) is 117 cm³/mol. The van der Waals surface area contributed by atoms with Crippen LogP contribution < -0.4 is 5.48 Å². The molecule has 1 amide bonds. The number of hydrogen-bond acceptors (Lipinski definition) is 6. The number of nitrogens with zero attached hydrogens (tertiary/aromatic N) is 3. The van der Waals surface area contributed by atoms with Crippen LogP contribution in [0.25, 0.3) is 22.8 Å². The standard InChI is InChI=1S/C21H13Cl3N4O3/c22-15-6-4-12(5-7-15)19-26-21(31-27-19)14-3-1-2-13(8-14)20(29)28-30-11-16-17(23)9-25-10-18(16)24/h1-10H,11H2,(H,28,29). The predicted octanol–water partition coefficient (Wildman–Crippen LogP) is 5.62. The van der Waals surface area contributed by atoms with E-state index < -0.39 is 5.91 Å². The van der Waals surface area contributed by atoms with Crippen molar-refractivity contribution in [1.82, 2.24) is 20.6 Å². The molecule has 10 heteroatoms. The van der Waals surface area contributed by atoms with Crippen molar-refractivity contribution in [2.75, 3.05) is 0 Å². The van der Waals surface area contributed by atoms with Crippen LogP contribution in [-0.4, -0.2) is 21.0 Å². The second-order valence-corrected chi connectivity index (χ2v) is 7.56. The highest BCUT2D eigenvalue weighted by molar-refractivity contribution is 6.35. The summed E-state index contributed by atoms with van der Waals surface area (Å²) < 4.78 is 5.34. The molecule has 2 heterocycles. The first-order chi connectivity index (χ1) is 15.0. The van der Waals surface area contributed by atoms with Crippen molar-refractivity contribution in [2.45, 2.75) is 6.61 Å². The topological polar surface area (TPSA) is 90.1 Å². The van der Waals surface area contributed by atoms with E-state index in [1.165, 1.54) is 12.4 Å². The van der Waals surface area contributed by atoms with E-state index in [-0.39, 0.29) is 12.5 Å². The van der Waals surface area contributed by atoms with Crippen molar-refractivity contribution >= 4 is 40.7 Å². The van der Waals surface area contributed by atoms with Crippen LogP contribution in [0.3, 0.4) is 0 Å². The summed E-state index contributed by atoms with van der Waals surface area (Å²) in [4.78, 5) is 26.0. The van der Waals surface area contributed by atoms with Gasteiger partial charge in [-0.05, 0) is 42.5 Å². The van der Waals surface area contributed by atoms with E-state index in [1.54, 1.807) is 48.5 Å². The number of nitrogens with one attached hydrogen (secondary N) is 1. The molecule has 0 aliphatic rings. The SMILES string of the molecule is O=C(NOCc1c(Cl)cncc1Cl)c1cccc(-c2nc(-c3ccc(Cl)cc3)no2)c1. The molecule has 0 radical (unpaired) electrons. The number of aromatic nitrogens is 3. The van der Waals surface area contributed by atoms with E-state index in [1.807, 2.05) is 0 Å². The first-order valence-electron chi connectivity index (χ1n) is 8.91. The third-order valence-corrected chi connectivity index (χ3v) is 5.14. The van der Waals surface area contributed by atoms with Gasteiger partial charge in [0, 0.05) is 39.7 Å². The quantitative estimate of drug-likeness (QED) is 0.364. The van der Waals surface area contributed by atoms with E-state index >= 15 is 0 Å². The monoisotopic (exact) mass is 474 g/mol. The first kappa shape index (κ1) is 21.3. The van der Waals surface area contributed by atoms with Crippen molar-refractivity contribution in [2.24, 2.45) is 0 Å². The summed E-state index contributed by atoms with van der Waals surface area (Å²) in [6.07, 6.45) is 2.89. The molecule has 2 aromatic heterocycles. The number of carbonyl (C=O) groups is 1. The summed E-state index contributed by atoms with van der Waals surface area (Å²) in [6.45, 7) is -0.0142. The lowest BCUT2D eigenvalue weighted by Gasteiger charge is -2.08. The van der Waals surface area contributed by atoms with E-state index in [4.69, 9.17) is 44.2 Å². The van der Waals surface area contributed by atoms with Crippen molar-refractivity contribution in [1.29, 1.82) is 0 Å². The van der Waals surface area contributed by atoms with Gasteiger partial charge < -0.3 is 4.52 Å². The Kier molecular flexibility index (Phi) is 6.48. The molecule has 0 aliphatic heterocycles. The van der Waals surface area contributed by atoms with Crippen LogP contribution >= 0.6 is 34.8 Å². The summed E-state index contributed by atoms with van der Waals surface area (Å²) in [5, 5.41) is 5.28. The van der Waals surface area contributed by atoms with Crippen LogP contribution in [0.5, 0.6) is 0 Å². The Morgan fingerprint density at radius 2 is 1.74 bits per heavy atom. The highest BCUT2D eigenvalue weighted by Crippen LogP contribution is 2.25. The van der Waals surface area contributed by atoms with Crippen molar-refractivity contribution in [3.63, 3.8) is 0 Å². The molecule has 31 heavy (non-hydrogen) atoms. The highest BCUT2D eigenvalue weighted by atomic mass is 35.5. The van der Waals surface area contributed by atoms with Gasteiger partial charge in [0.15, 0.2) is 0 Å². The molecule has 4 aromatic rings. The zero-order valence-electron chi connectivity index (χ0n) is 15.7. The number of pyridine rings is 1. The summed E-state index contributed by atoms with van der Waals surface area (Å²) >= 11 is 18.0. The molecule has 0 fully saturated rings. The number of halogens is 3. The molecular formula is C21H13Cl3N4O3. The highest BCUT2D eigenvalue weighted by Gasteiger charge is 2.14. The third-order valence-electron chi connectivity index (χ3n) is 4.23. The Labute approximate surface area is 191 Å². The molecule has 0 bridgehead atoms. The second-order valence-electron chi connectivity index (χ2n) is 6.31. The van der Waals surface area contributed by atoms with Gasteiger partial charge in [0.05, 0.1) is 10.0 Å². The summed E-state index contributed by atoms with van der Waals surface area (Å²) in [5.74, 6) is 0.229. The van der Waals surface area contributed by atoms with E-state index in [0.29, 0.717) is 37.6 Å². The van der Waals surface area contributed by atoms with Gasteiger partial charge in [-0.1, -0.05) is 46.0 Å². The normalized spacial score (nSPS) is 10.8. The molecule has 0 saturated carbocycles. The molecule has 0 saturated heterocycles. The molecule has 0 aliphatic carbocycles. The smallest absolute Gasteiger partial charge is 0.274 e. The minimum atomic E-state index is -0.458. The first-order valence-corrected chi connectivity index (χ1v) is 10.0. The Balaban J connectivity index is 1.44. The number of hydrogen-bond donors (Lipinski definition) is 1. The third kappa shape index (κ3) is 5.03. The molecular weight excluding hydrogens is 463 g/mol. The molecule has 0 unspecified atom stereocenters. The van der Waals surface area contributed by atoms with Gasteiger partial charge in [-0.15, -0.1) is 0 Å². The Hall–Kier alpha value is -2.97. The summed E-state index contributed by atoms with van der Waals surface area (Å²) in [5.41, 5.74) is 4.57. The number of carbonyl (C=O) groups excluding carboxylic acids is 1. The van der Waals surface area contributed by atoms with Gasteiger partial charge in [0.1, 0.15) is 6.61 Å². The van der Waals surface area contributed by atoms with Gasteiger partial charge in [-0.3, -0.25) is 14.6 Å². The number of benzene rings is 2. The van der Waals surface area contributed by atoms with Gasteiger partial charge in [0.2, 0.25) is 5.82 Å². The van der Waals surface area contributed by atoms with Crippen LogP contribution in [0.1, 0.15) is 15.9 Å². The average Bonchev–Trinajstić information content (AvgIpc) is 3.27. The van der Waals surface area contributed by atoms with Gasteiger partial charge >= 0.3 is 0 Å². The van der Waals surface area contributed by atoms with Gasteiger partial charge in [0.25, 0.3) is 11.8 Å². The van der Waals surface area contributed by atoms with Gasteiger partial charge in [-0.25, -0.2) is 5.48 Å². The zero-order chi connectivity index (χ0) is 21.8. The Bertz CT molecular complexity index is 1210.